The largest absolute Gasteiger partial charge is 0.394 e. The molecule has 1 aromatic rings. The quantitative estimate of drug-likeness (QED) is 0.886. The van der Waals surface area contributed by atoms with Gasteiger partial charge >= 0.3 is 0 Å². The lowest BCUT2D eigenvalue weighted by Gasteiger charge is -2.37. The summed E-state index contributed by atoms with van der Waals surface area (Å²) in [7, 11) is 0. The summed E-state index contributed by atoms with van der Waals surface area (Å²) < 4.78 is 0. The van der Waals surface area contributed by atoms with Gasteiger partial charge in [-0.25, -0.2) is 4.98 Å². The van der Waals surface area contributed by atoms with Crippen molar-refractivity contribution in [3.8, 4) is 6.07 Å². The van der Waals surface area contributed by atoms with Crippen molar-refractivity contribution in [2.45, 2.75) is 56.9 Å². The van der Waals surface area contributed by atoms with Gasteiger partial charge in [-0.3, -0.25) is 0 Å². The molecule has 1 aromatic heterocycles. The fourth-order valence-electron chi connectivity index (χ4n) is 3.45. The van der Waals surface area contributed by atoms with Gasteiger partial charge in [-0.15, -0.1) is 0 Å². The first-order valence-corrected chi connectivity index (χ1v) is 7.58. The summed E-state index contributed by atoms with van der Waals surface area (Å²) in [6.07, 6.45) is 8.54. The molecule has 0 atom stereocenters. The number of pyridine rings is 1. The number of rotatable bonds is 3. The van der Waals surface area contributed by atoms with Crippen molar-refractivity contribution in [2.75, 3.05) is 11.9 Å². The number of anilines is 1. The number of aromatic nitrogens is 1. The maximum Gasteiger partial charge on any atom is 0.144 e. The number of nitriles is 1. The molecular formula is C16H21N3O. The Morgan fingerprint density at radius 2 is 2.05 bits per heavy atom. The van der Waals surface area contributed by atoms with Crippen molar-refractivity contribution in [1.82, 2.24) is 4.98 Å². The van der Waals surface area contributed by atoms with Gasteiger partial charge in [-0.2, -0.15) is 5.26 Å². The summed E-state index contributed by atoms with van der Waals surface area (Å²) in [6, 6.07) is 4.23. The molecule has 0 spiro atoms. The number of nitrogens with zero attached hydrogens (tertiary/aromatic N) is 2. The Bertz CT molecular complexity index is 541. The van der Waals surface area contributed by atoms with Crippen LogP contribution in [0, 0.1) is 11.3 Å². The molecule has 2 aliphatic carbocycles. The van der Waals surface area contributed by atoms with E-state index in [9.17, 15) is 10.4 Å². The van der Waals surface area contributed by atoms with Crippen molar-refractivity contribution in [1.29, 1.82) is 5.26 Å². The van der Waals surface area contributed by atoms with Crippen LogP contribution < -0.4 is 5.32 Å². The van der Waals surface area contributed by atoms with Crippen LogP contribution in [0.3, 0.4) is 0 Å². The predicted octanol–water partition coefficient (Wildman–Crippen LogP) is 2.55. The van der Waals surface area contributed by atoms with Gasteiger partial charge in [0.2, 0.25) is 0 Å². The van der Waals surface area contributed by atoms with Crippen molar-refractivity contribution >= 4 is 5.82 Å². The van der Waals surface area contributed by atoms with E-state index in [-0.39, 0.29) is 12.1 Å². The van der Waals surface area contributed by atoms with Crippen LogP contribution in [-0.4, -0.2) is 22.2 Å². The zero-order chi connectivity index (χ0) is 14.0. The van der Waals surface area contributed by atoms with Crippen LogP contribution in [0.4, 0.5) is 5.82 Å². The Hall–Kier alpha value is -1.60. The van der Waals surface area contributed by atoms with Gasteiger partial charge in [0.15, 0.2) is 0 Å². The van der Waals surface area contributed by atoms with Crippen LogP contribution in [0.25, 0.3) is 0 Å². The normalized spacial score (nSPS) is 20.2. The molecule has 20 heavy (non-hydrogen) atoms. The monoisotopic (exact) mass is 271 g/mol. The zero-order valence-corrected chi connectivity index (χ0v) is 11.8. The highest BCUT2D eigenvalue weighted by atomic mass is 16.3. The van der Waals surface area contributed by atoms with Crippen LogP contribution in [0.2, 0.25) is 0 Å². The Balaban J connectivity index is 1.91. The second-order valence-corrected chi connectivity index (χ2v) is 6.08. The van der Waals surface area contributed by atoms with Gasteiger partial charge in [0.1, 0.15) is 11.9 Å². The molecule has 0 saturated heterocycles. The average molecular weight is 271 g/mol. The fourth-order valence-corrected chi connectivity index (χ4v) is 3.45. The summed E-state index contributed by atoms with van der Waals surface area (Å²) in [5.74, 6) is 0.670. The molecule has 0 amide bonds. The van der Waals surface area contributed by atoms with Crippen LogP contribution in [0.1, 0.15) is 55.3 Å². The van der Waals surface area contributed by atoms with Gasteiger partial charge in [0.05, 0.1) is 17.7 Å². The van der Waals surface area contributed by atoms with Crippen LogP contribution >= 0.6 is 0 Å². The minimum Gasteiger partial charge on any atom is -0.394 e. The van der Waals surface area contributed by atoms with Gasteiger partial charge < -0.3 is 10.4 Å². The number of aryl methyl sites for hydroxylation is 2. The maximum atomic E-state index is 9.79. The third kappa shape index (κ3) is 2.38. The first-order chi connectivity index (χ1) is 9.76. The van der Waals surface area contributed by atoms with Crippen LogP contribution in [-0.2, 0) is 12.8 Å². The van der Waals surface area contributed by atoms with Crippen LogP contribution in [0.5, 0.6) is 0 Å². The molecule has 2 N–H and O–H groups in total. The molecule has 4 heteroatoms. The molecule has 0 unspecified atom stereocenters. The van der Waals surface area contributed by atoms with Crippen molar-refractivity contribution in [2.24, 2.45) is 0 Å². The standard InChI is InChI=1S/C16H21N3O/c17-10-13-9-12-5-4-6-14(12)18-15(13)19-16(11-20)7-2-1-3-8-16/h9,20H,1-8,11H2,(H,18,19). The molecule has 2 aliphatic rings. The van der Waals surface area contributed by atoms with E-state index in [1.54, 1.807) is 0 Å². The van der Waals surface area contributed by atoms with Gasteiger partial charge in [0.25, 0.3) is 0 Å². The van der Waals surface area contributed by atoms with Crippen molar-refractivity contribution in [3.63, 3.8) is 0 Å². The summed E-state index contributed by atoms with van der Waals surface area (Å²) in [4.78, 5) is 4.67. The van der Waals surface area contributed by atoms with E-state index in [0.717, 1.165) is 50.6 Å². The minimum absolute atomic E-state index is 0.108. The molecular weight excluding hydrogens is 250 g/mol. The second kappa shape index (κ2) is 5.41. The van der Waals surface area contributed by atoms with Gasteiger partial charge in [-0.1, -0.05) is 19.3 Å². The maximum absolute atomic E-state index is 9.79. The average Bonchev–Trinajstić information content (AvgIpc) is 2.94. The Morgan fingerprint density at radius 1 is 1.25 bits per heavy atom. The highest BCUT2D eigenvalue weighted by molar-refractivity contribution is 5.56. The fraction of sp³-hybridized carbons (Fsp3) is 0.625. The van der Waals surface area contributed by atoms with Crippen LogP contribution in [0.15, 0.2) is 6.07 Å². The topological polar surface area (TPSA) is 68.9 Å². The first-order valence-electron chi connectivity index (χ1n) is 7.58. The molecule has 1 heterocycles. The van der Waals surface area contributed by atoms with E-state index in [0.29, 0.717) is 11.4 Å². The number of aliphatic hydroxyl groups excluding tert-OH is 1. The van der Waals surface area contributed by atoms with E-state index in [4.69, 9.17) is 0 Å². The molecule has 106 valence electrons. The zero-order valence-electron chi connectivity index (χ0n) is 11.8. The number of hydrogen-bond donors (Lipinski definition) is 2. The van der Waals surface area contributed by atoms with Crippen molar-refractivity contribution < 1.29 is 5.11 Å². The predicted molar refractivity (Wildman–Crippen MR) is 77.5 cm³/mol. The van der Waals surface area contributed by atoms with Gasteiger partial charge in [0, 0.05) is 5.69 Å². The molecule has 4 nitrogen and oxygen atoms in total. The highest BCUT2D eigenvalue weighted by Gasteiger charge is 2.32. The van der Waals surface area contributed by atoms with E-state index in [1.165, 1.54) is 12.0 Å². The molecule has 1 saturated carbocycles. The number of aliphatic hydroxyl groups is 1. The number of nitrogens with one attached hydrogen (secondary N) is 1. The Labute approximate surface area is 119 Å². The number of hydrogen-bond acceptors (Lipinski definition) is 4. The van der Waals surface area contributed by atoms with E-state index in [2.05, 4.69) is 16.4 Å². The summed E-state index contributed by atoms with van der Waals surface area (Å²) in [5, 5.41) is 22.5. The molecule has 0 aliphatic heterocycles. The van der Waals surface area contributed by atoms with E-state index >= 15 is 0 Å². The third-order valence-electron chi connectivity index (χ3n) is 4.67. The molecule has 0 radical (unpaired) electrons. The Morgan fingerprint density at radius 3 is 2.75 bits per heavy atom. The first kappa shape index (κ1) is 13.4. The van der Waals surface area contributed by atoms with E-state index < -0.39 is 0 Å². The summed E-state index contributed by atoms with van der Waals surface area (Å²) in [5.41, 5.74) is 2.66. The Kier molecular flexibility index (Phi) is 3.62. The second-order valence-electron chi connectivity index (χ2n) is 6.08. The summed E-state index contributed by atoms with van der Waals surface area (Å²) in [6.45, 7) is 0.108. The summed E-state index contributed by atoms with van der Waals surface area (Å²) >= 11 is 0. The lowest BCUT2D eigenvalue weighted by molar-refractivity contribution is 0.172. The van der Waals surface area contributed by atoms with Gasteiger partial charge in [-0.05, 0) is 43.7 Å². The van der Waals surface area contributed by atoms with Crippen molar-refractivity contribution in [3.05, 3.63) is 22.9 Å². The SMILES string of the molecule is N#Cc1cc2c(nc1NC1(CO)CCCCC1)CCC2. The lowest BCUT2D eigenvalue weighted by Crippen LogP contribution is -2.44. The highest BCUT2D eigenvalue weighted by Crippen LogP contribution is 2.33. The molecule has 1 fully saturated rings. The smallest absolute Gasteiger partial charge is 0.144 e. The van der Waals surface area contributed by atoms with E-state index in [1.807, 2.05) is 6.07 Å². The minimum atomic E-state index is -0.288. The molecule has 0 aromatic carbocycles. The lowest BCUT2D eigenvalue weighted by atomic mass is 9.82. The molecule has 3 rings (SSSR count). The number of fused-ring (bicyclic) bond motifs is 1. The third-order valence-corrected chi connectivity index (χ3v) is 4.67. The molecule has 0 bridgehead atoms.